The molecule has 0 aromatic heterocycles. The number of aryl methyl sites for hydroxylation is 1. The molecular formula is C19H32IN3O2. The first-order chi connectivity index (χ1) is 11.6. The molecule has 1 atom stereocenters. The number of nitrogens with zero attached hydrogens (tertiary/aromatic N) is 2. The van der Waals surface area contributed by atoms with Crippen molar-refractivity contribution in [2.75, 3.05) is 33.3 Å². The van der Waals surface area contributed by atoms with Crippen molar-refractivity contribution in [3.63, 3.8) is 0 Å². The quantitative estimate of drug-likeness (QED) is 0.185. The maximum absolute atomic E-state index is 10.1. The number of aliphatic hydroxyl groups is 1. The lowest BCUT2D eigenvalue weighted by atomic mass is 10.2. The number of benzene rings is 1. The predicted molar refractivity (Wildman–Crippen MR) is 116 cm³/mol. The lowest BCUT2D eigenvalue weighted by molar-refractivity contribution is 0.114. The van der Waals surface area contributed by atoms with Crippen molar-refractivity contribution in [1.29, 1.82) is 0 Å². The van der Waals surface area contributed by atoms with E-state index in [1.54, 1.807) is 0 Å². The SMILES string of the molecule is C=CCCCN(C)C(=NCC(O)COc1cccc(C)c1)NCC.I. The number of allylic oxidation sites excluding steroid dienone is 1. The molecular weight excluding hydrogens is 429 g/mol. The fraction of sp³-hybridized carbons (Fsp3) is 0.526. The van der Waals surface area contributed by atoms with E-state index in [1.807, 2.05) is 51.2 Å². The maximum Gasteiger partial charge on any atom is 0.193 e. The summed E-state index contributed by atoms with van der Waals surface area (Å²) in [6.45, 7) is 10.0. The van der Waals surface area contributed by atoms with Crippen LogP contribution in [0.5, 0.6) is 5.75 Å². The Hall–Kier alpha value is -1.28. The Balaban J connectivity index is 0.00000576. The Morgan fingerprint density at radius 2 is 2.24 bits per heavy atom. The predicted octanol–water partition coefficient (Wildman–Crippen LogP) is 3.22. The van der Waals surface area contributed by atoms with Gasteiger partial charge in [-0.3, -0.25) is 4.99 Å². The molecule has 1 aromatic carbocycles. The Labute approximate surface area is 169 Å². The van der Waals surface area contributed by atoms with E-state index in [4.69, 9.17) is 4.74 Å². The monoisotopic (exact) mass is 461 g/mol. The van der Waals surface area contributed by atoms with E-state index in [0.717, 1.165) is 43.2 Å². The largest absolute Gasteiger partial charge is 0.491 e. The molecule has 1 aromatic rings. The molecule has 0 aliphatic heterocycles. The van der Waals surface area contributed by atoms with Crippen molar-refractivity contribution in [2.24, 2.45) is 4.99 Å². The van der Waals surface area contributed by atoms with E-state index in [2.05, 4.69) is 21.8 Å². The highest BCUT2D eigenvalue weighted by Crippen LogP contribution is 2.12. The first-order valence-electron chi connectivity index (χ1n) is 8.54. The summed E-state index contributed by atoms with van der Waals surface area (Å²) in [4.78, 5) is 6.57. The molecule has 1 unspecified atom stereocenters. The summed E-state index contributed by atoms with van der Waals surface area (Å²) in [7, 11) is 2.00. The number of aliphatic imine (C=N–C) groups is 1. The van der Waals surface area contributed by atoms with Crippen LogP contribution in [0.4, 0.5) is 0 Å². The molecule has 0 aliphatic carbocycles. The first kappa shape index (κ1) is 23.7. The highest BCUT2D eigenvalue weighted by molar-refractivity contribution is 14.0. The van der Waals surface area contributed by atoms with Crippen molar-refractivity contribution in [3.05, 3.63) is 42.5 Å². The number of nitrogens with one attached hydrogen (secondary N) is 1. The number of hydrogen-bond donors (Lipinski definition) is 2. The van der Waals surface area contributed by atoms with Gasteiger partial charge >= 0.3 is 0 Å². The van der Waals surface area contributed by atoms with Crippen LogP contribution < -0.4 is 10.1 Å². The normalized spacial score (nSPS) is 12.1. The van der Waals surface area contributed by atoms with Gasteiger partial charge in [-0.15, -0.1) is 30.6 Å². The summed E-state index contributed by atoms with van der Waals surface area (Å²) in [5.74, 6) is 1.57. The van der Waals surface area contributed by atoms with Crippen LogP contribution in [-0.4, -0.2) is 55.4 Å². The van der Waals surface area contributed by atoms with Crippen molar-refractivity contribution < 1.29 is 9.84 Å². The molecule has 1 rings (SSSR count). The van der Waals surface area contributed by atoms with Crippen molar-refractivity contribution in [3.8, 4) is 5.75 Å². The van der Waals surface area contributed by atoms with E-state index in [9.17, 15) is 5.11 Å². The van der Waals surface area contributed by atoms with Gasteiger partial charge in [-0.1, -0.05) is 18.2 Å². The van der Waals surface area contributed by atoms with Gasteiger partial charge in [0.05, 0.1) is 6.54 Å². The zero-order chi connectivity index (χ0) is 17.8. The van der Waals surface area contributed by atoms with Gasteiger partial charge in [0.2, 0.25) is 0 Å². The molecule has 0 aliphatic rings. The summed E-state index contributed by atoms with van der Waals surface area (Å²) >= 11 is 0. The van der Waals surface area contributed by atoms with Crippen LogP contribution in [0, 0.1) is 6.92 Å². The molecule has 142 valence electrons. The second-order valence-corrected chi connectivity index (χ2v) is 5.83. The highest BCUT2D eigenvalue weighted by Gasteiger charge is 2.08. The molecule has 2 N–H and O–H groups in total. The summed E-state index contributed by atoms with van der Waals surface area (Å²) in [5, 5.41) is 13.3. The van der Waals surface area contributed by atoms with Crippen LogP contribution in [0.15, 0.2) is 41.9 Å². The Morgan fingerprint density at radius 3 is 2.88 bits per heavy atom. The van der Waals surface area contributed by atoms with E-state index in [1.165, 1.54) is 0 Å². The van der Waals surface area contributed by atoms with E-state index >= 15 is 0 Å². The number of halogens is 1. The van der Waals surface area contributed by atoms with Gasteiger partial charge in [-0.05, 0) is 44.4 Å². The van der Waals surface area contributed by atoms with Gasteiger partial charge in [0.1, 0.15) is 18.5 Å². The minimum atomic E-state index is -0.638. The van der Waals surface area contributed by atoms with Crippen LogP contribution >= 0.6 is 24.0 Å². The Morgan fingerprint density at radius 1 is 1.48 bits per heavy atom. The average Bonchev–Trinajstić information content (AvgIpc) is 2.57. The zero-order valence-electron chi connectivity index (χ0n) is 15.6. The topological polar surface area (TPSA) is 57.1 Å². The third kappa shape index (κ3) is 10.3. The molecule has 5 nitrogen and oxygen atoms in total. The van der Waals surface area contributed by atoms with Crippen LogP contribution in [0.25, 0.3) is 0 Å². The van der Waals surface area contributed by atoms with Crippen LogP contribution in [-0.2, 0) is 0 Å². The smallest absolute Gasteiger partial charge is 0.193 e. The Bertz CT molecular complexity index is 523. The number of rotatable bonds is 10. The number of guanidine groups is 1. The Kier molecular flexibility index (Phi) is 13.2. The second kappa shape index (κ2) is 13.9. The molecule has 25 heavy (non-hydrogen) atoms. The van der Waals surface area contributed by atoms with Crippen LogP contribution in [0.1, 0.15) is 25.3 Å². The molecule has 0 amide bonds. The van der Waals surface area contributed by atoms with Gasteiger partial charge < -0.3 is 20.1 Å². The molecule has 0 radical (unpaired) electrons. The zero-order valence-corrected chi connectivity index (χ0v) is 17.9. The molecule has 0 saturated heterocycles. The van der Waals surface area contributed by atoms with Crippen molar-refractivity contribution >= 4 is 29.9 Å². The summed E-state index contributed by atoms with van der Waals surface area (Å²) in [5.41, 5.74) is 1.13. The fourth-order valence-corrected chi connectivity index (χ4v) is 2.19. The van der Waals surface area contributed by atoms with Gasteiger partial charge in [-0.25, -0.2) is 0 Å². The van der Waals surface area contributed by atoms with Gasteiger partial charge in [0.15, 0.2) is 5.96 Å². The minimum Gasteiger partial charge on any atom is -0.491 e. The second-order valence-electron chi connectivity index (χ2n) is 5.83. The lowest BCUT2D eigenvalue weighted by Crippen LogP contribution is -2.40. The lowest BCUT2D eigenvalue weighted by Gasteiger charge is -2.22. The number of unbranched alkanes of at least 4 members (excludes halogenated alkanes) is 1. The molecule has 0 spiro atoms. The maximum atomic E-state index is 10.1. The van der Waals surface area contributed by atoms with Crippen molar-refractivity contribution in [2.45, 2.75) is 32.8 Å². The average molecular weight is 461 g/mol. The third-order valence-electron chi connectivity index (χ3n) is 3.48. The number of aliphatic hydroxyl groups excluding tert-OH is 1. The fourth-order valence-electron chi connectivity index (χ4n) is 2.19. The number of ether oxygens (including phenoxy) is 1. The van der Waals surface area contributed by atoms with Crippen molar-refractivity contribution in [1.82, 2.24) is 10.2 Å². The van der Waals surface area contributed by atoms with Crippen LogP contribution in [0.2, 0.25) is 0 Å². The van der Waals surface area contributed by atoms with Gasteiger partial charge in [-0.2, -0.15) is 0 Å². The minimum absolute atomic E-state index is 0. The van der Waals surface area contributed by atoms with E-state index in [0.29, 0.717) is 6.54 Å². The first-order valence-corrected chi connectivity index (χ1v) is 8.54. The molecule has 0 bridgehead atoms. The summed E-state index contributed by atoms with van der Waals surface area (Å²) in [6.07, 6.45) is 3.30. The molecule has 0 heterocycles. The van der Waals surface area contributed by atoms with E-state index in [-0.39, 0.29) is 30.6 Å². The number of hydrogen-bond acceptors (Lipinski definition) is 3. The van der Waals surface area contributed by atoms with Crippen LogP contribution in [0.3, 0.4) is 0 Å². The molecule has 0 fully saturated rings. The third-order valence-corrected chi connectivity index (χ3v) is 3.48. The molecule has 0 saturated carbocycles. The summed E-state index contributed by atoms with van der Waals surface area (Å²) < 4.78 is 5.62. The van der Waals surface area contributed by atoms with Gasteiger partial charge in [0.25, 0.3) is 0 Å². The van der Waals surface area contributed by atoms with Gasteiger partial charge in [0, 0.05) is 20.1 Å². The van der Waals surface area contributed by atoms with E-state index < -0.39 is 6.10 Å². The highest BCUT2D eigenvalue weighted by atomic mass is 127. The standard InChI is InChI=1S/C19H31N3O2.HI/c1-5-7-8-12-22(4)19(20-6-2)21-14-17(23)15-24-18-11-9-10-16(3)13-18;/h5,9-11,13,17,23H,1,6-8,12,14-15H2,2-4H3,(H,20,21);1H. The molecule has 6 heteroatoms. The summed E-state index contributed by atoms with van der Waals surface area (Å²) in [6, 6.07) is 7.79.